The van der Waals surface area contributed by atoms with Gasteiger partial charge < -0.3 is 5.32 Å². The fourth-order valence-corrected chi connectivity index (χ4v) is 2.96. The number of carbonyl (C=O) groups excluding carboxylic acids is 2. The van der Waals surface area contributed by atoms with Crippen molar-refractivity contribution in [3.8, 4) is 0 Å². The first-order valence-corrected chi connectivity index (χ1v) is 8.01. The lowest BCUT2D eigenvalue weighted by atomic mass is 10.0. The molecule has 1 aliphatic heterocycles. The highest BCUT2D eigenvalue weighted by Crippen LogP contribution is 2.26. The van der Waals surface area contributed by atoms with Gasteiger partial charge in [0.1, 0.15) is 5.82 Å². The van der Waals surface area contributed by atoms with Crippen LogP contribution < -0.4 is 5.32 Å². The van der Waals surface area contributed by atoms with E-state index in [1.165, 1.54) is 17.0 Å². The first-order valence-electron chi connectivity index (χ1n) is 8.01. The van der Waals surface area contributed by atoms with Crippen LogP contribution in [0, 0.1) is 5.82 Å². The van der Waals surface area contributed by atoms with Gasteiger partial charge in [-0.2, -0.15) is 0 Å². The molecule has 1 aliphatic rings. The van der Waals surface area contributed by atoms with E-state index in [4.69, 9.17) is 0 Å². The van der Waals surface area contributed by atoms with E-state index < -0.39 is 6.04 Å². The molecule has 1 saturated heterocycles. The minimum Gasteiger partial charge on any atom is -0.336 e. The van der Waals surface area contributed by atoms with Gasteiger partial charge in [-0.05, 0) is 36.9 Å². The number of amides is 3. The number of pyridine rings is 1. The molecular formula is C18H19FN4O2. The molecule has 1 atom stereocenters. The minimum absolute atomic E-state index is 0.0190. The number of urea groups is 1. The predicted octanol–water partition coefficient (Wildman–Crippen LogP) is 1.79. The van der Waals surface area contributed by atoms with Crippen molar-refractivity contribution >= 4 is 11.9 Å². The molecule has 3 amide bonds. The summed E-state index contributed by atoms with van der Waals surface area (Å²) in [6.07, 6.45) is 1.66. The predicted molar refractivity (Wildman–Crippen MR) is 90.2 cm³/mol. The van der Waals surface area contributed by atoms with Gasteiger partial charge in [-0.15, -0.1) is 0 Å². The number of halogens is 1. The van der Waals surface area contributed by atoms with Crippen LogP contribution in [-0.4, -0.2) is 53.4 Å². The summed E-state index contributed by atoms with van der Waals surface area (Å²) >= 11 is 0. The van der Waals surface area contributed by atoms with E-state index in [9.17, 15) is 14.0 Å². The van der Waals surface area contributed by atoms with E-state index in [-0.39, 0.29) is 24.3 Å². The first kappa shape index (κ1) is 17.0. The summed E-state index contributed by atoms with van der Waals surface area (Å²) in [5, 5.41) is 2.61. The summed E-state index contributed by atoms with van der Waals surface area (Å²) in [4.78, 5) is 31.4. The molecule has 1 aromatic carbocycles. The lowest BCUT2D eigenvalue weighted by molar-refractivity contribution is -0.128. The molecule has 2 heterocycles. The van der Waals surface area contributed by atoms with Crippen molar-refractivity contribution in [1.29, 1.82) is 0 Å². The highest BCUT2D eigenvalue weighted by atomic mass is 19.1. The van der Waals surface area contributed by atoms with E-state index in [0.29, 0.717) is 24.3 Å². The lowest BCUT2D eigenvalue weighted by Gasteiger charge is -2.28. The van der Waals surface area contributed by atoms with Gasteiger partial charge in [0.25, 0.3) is 0 Å². The molecule has 0 radical (unpaired) electrons. The number of nitrogens with one attached hydrogen (secondary N) is 1. The van der Waals surface area contributed by atoms with Crippen molar-refractivity contribution in [3.63, 3.8) is 0 Å². The summed E-state index contributed by atoms with van der Waals surface area (Å²) in [7, 11) is 1.76. The fourth-order valence-electron chi connectivity index (χ4n) is 2.96. The Morgan fingerprint density at radius 3 is 2.84 bits per heavy atom. The van der Waals surface area contributed by atoms with Crippen LogP contribution in [0.5, 0.6) is 0 Å². The molecule has 2 aromatic rings. The van der Waals surface area contributed by atoms with Crippen LogP contribution in [0.3, 0.4) is 0 Å². The van der Waals surface area contributed by atoms with Gasteiger partial charge in [0.2, 0.25) is 5.91 Å². The van der Waals surface area contributed by atoms with Gasteiger partial charge in [-0.3, -0.25) is 19.6 Å². The molecule has 25 heavy (non-hydrogen) atoms. The molecule has 1 aromatic heterocycles. The molecule has 130 valence electrons. The number of rotatable bonds is 5. The standard InChI is InChI=1S/C18H19FN4O2/c1-22(12-16(24)23-10-9-21-18(23)25)17(15-7-2-3-8-20-15)13-5-4-6-14(19)11-13/h2-8,11,17H,9-10,12H2,1H3,(H,21,25)/t17-/m0/s1. The molecule has 0 unspecified atom stereocenters. The Morgan fingerprint density at radius 2 is 2.20 bits per heavy atom. The SMILES string of the molecule is CN(CC(=O)N1CCNC1=O)[C@@H](c1cccc(F)c1)c1ccccn1. The van der Waals surface area contributed by atoms with Crippen molar-refractivity contribution < 1.29 is 14.0 Å². The van der Waals surface area contributed by atoms with Crippen molar-refractivity contribution in [2.75, 3.05) is 26.7 Å². The van der Waals surface area contributed by atoms with Gasteiger partial charge in [0, 0.05) is 19.3 Å². The van der Waals surface area contributed by atoms with Gasteiger partial charge >= 0.3 is 6.03 Å². The molecule has 0 bridgehead atoms. The highest BCUT2D eigenvalue weighted by molar-refractivity contribution is 5.96. The number of benzene rings is 1. The third-order valence-corrected chi connectivity index (χ3v) is 4.12. The van der Waals surface area contributed by atoms with E-state index in [2.05, 4.69) is 10.3 Å². The number of aromatic nitrogens is 1. The molecule has 1 fully saturated rings. The summed E-state index contributed by atoms with van der Waals surface area (Å²) in [6, 6.07) is 10.9. The van der Waals surface area contributed by atoms with Crippen LogP contribution >= 0.6 is 0 Å². The van der Waals surface area contributed by atoms with Gasteiger partial charge in [0.15, 0.2) is 0 Å². The Labute approximate surface area is 145 Å². The van der Waals surface area contributed by atoms with E-state index >= 15 is 0 Å². The smallest absolute Gasteiger partial charge is 0.324 e. The van der Waals surface area contributed by atoms with Crippen LogP contribution in [0.4, 0.5) is 9.18 Å². The van der Waals surface area contributed by atoms with Gasteiger partial charge in [0.05, 0.1) is 18.3 Å². The maximum Gasteiger partial charge on any atom is 0.324 e. The topological polar surface area (TPSA) is 65.5 Å². The number of hydrogen-bond acceptors (Lipinski definition) is 4. The second kappa shape index (κ2) is 7.40. The third-order valence-electron chi connectivity index (χ3n) is 4.12. The Balaban J connectivity index is 1.86. The Kier molecular flexibility index (Phi) is 5.04. The molecule has 0 spiro atoms. The lowest BCUT2D eigenvalue weighted by Crippen LogP contribution is -2.42. The summed E-state index contributed by atoms with van der Waals surface area (Å²) in [5.41, 5.74) is 1.40. The summed E-state index contributed by atoms with van der Waals surface area (Å²) in [6.45, 7) is 0.840. The molecule has 3 rings (SSSR count). The highest BCUT2D eigenvalue weighted by Gasteiger charge is 2.29. The zero-order valence-corrected chi connectivity index (χ0v) is 13.9. The fraction of sp³-hybridized carbons (Fsp3) is 0.278. The zero-order valence-electron chi connectivity index (χ0n) is 13.9. The monoisotopic (exact) mass is 342 g/mol. The van der Waals surface area contributed by atoms with Crippen molar-refractivity contribution in [2.24, 2.45) is 0 Å². The number of imide groups is 1. The number of carbonyl (C=O) groups is 2. The Hall–Kier alpha value is -2.80. The largest absolute Gasteiger partial charge is 0.336 e. The number of nitrogens with zero attached hydrogens (tertiary/aromatic N) is 3. The quantitative estimate of drug-likeness (QED) is 0.900. The van der Waals surface area contributed by atoms with E-state index in [0.717, 1.165) is 0 Å². The number of hydrogen-bond donors (Lipinski definition) is 1. The van der Waals surface area contributed by atoms with Crippen LogP contribution in [0.1, 0.15) is 17.3 Å². The maximum absolute atomic E-state index is 13.7. The van der Waals surface area contributed by atoms with Crippen LogP contribution in [0.2, 0.25) is 0 Å². The maximum atomic E-state index is 13.7. The van der Waals surface area contributed by atoms with Crippen molar-refractivity contribution in [3.05, 3.63) is 65.7 Å². The summed E-state index contributed by atoms with van der Waals surface area (Å²) < 4.78 is 13.7. The number of likely N-dealkylation sites (N-methyl/N-ethyl adjacent to an activating group) is 1. The second-order valence-corrected chi connectivity index (χ2v) is 5.90. The minimum atomic E-state index is -0.397. The van der Waals surface area contributed by atoms with Crippen LogP contribution in [0.15, 0.2) is 48.7 Å². The summed E-state index contributed by atoms with van der Waals surface area (Å²) in [5.74, 6) is -0.646. The average Bonchev–Trinajstić information content (AvgIpc) is 3.02. The van der Waals surface area contributed by atoms with E-state index in [1.807, 2.05) is 12.1 Å². The van der Waals surface area contributed by atoms with Crippen LogP contribution in [0.25, 0.3) is 0 Å². The van der Waals surface area contributed by atoms with Gasteiger partial charge in [-0.1, -0.05) is 18.2 Å². The Bertz CT molecular complexity index is 769. The molecular weight excluding hydrogens is 323 g/mol. The third kappa shape index (κ3) is 3.83. The second-order valence-electron chi connectivity index (χ2n) is 5.90. The molecule has 0 saturated carbocycles. The van der Waals surface area contributed by atoms with Crippen LogP contribution in [-0.2, 0) is 4.79 Å². The normalized spacial score (nSPS) is 15.3. The first-order chi connectivity index (χ1) is 12.1. The molecule has 1 N–H and O–H groups in total. The molecule has 6 nitrogen and oxygen atoms in total. The average molecular weight is 342 g/mol. The zero-order chi connectivity index (χ0) is 17.8. The Morgan fingerprint density at radius 1 is 1.36 bits per heavy atom. The molecule has 0 aliphatic carbocycles. The van der Waals surface area contributed by atoms with Crippen molar-refractivity contribution in [2.45, 2.75) is 6.04 Å². The molecule has 7 heteroatoms. The van der Waals surface area contributed by atoms with E-state index in [1.54, 1.807) is 36.3 Å². The van der Waals surface area contributed by atoms with Crippen molar-refractivity contribution in [1.82, 2.24) is 20.1 Å². The van der Waals surface area contributed by atoms with Gasteiger partial charge in [-0.25, -0.2) is 9.18 Å².